The van der Waals surface area contributed by atoms with Crippen molar-refractivity contribution in [3.63, 3.8) is 0 Å². The highest BCUT2D eigenvalue weighted by Gasteiger charge is 2.32. The number of nitriles is 1. The van der Waals surface area contributed by atoms with Gasteiger partial charge in [-0.3, -0.25) is 23.9 Å². The monoisotopic (exact) mass is 501 g/mol. The molecule has 0 aromatic carbocycles. The summed E-state index contributed by atoms with van der Waals surface area (Å²) in [7, 11) is 0. The largest absolute Gasteiger partial charge is 0.494 e. The van der Waals surface area contributed by atoms with Crippen molar-refractivity contribution in [1.82, 2.24) is 9.47 Å². The lowest BCUT2D eigenvalue weighted by Crippen LogP contribution is -2.29. The third-order valence-electron chi connectivity index (χ3n) is 5.29. The Balaban J connectivity index is 1.74. The molecule has 0 radical (unpaired) electrons. The number of unbranched alkanes of at least 4 members (excludes halogenated alkanes) is 1. The minimum absolute atomic E-state index is 0.00904. The molecule has 0 spiro atoms. The van der Waals surface area contributed by atoms with Gasteiger partial charge in [0.15, 0.2) is 5.78 Å². The predicted molar refractivity (Wildman–Crippen MR) is 134 cm³/mol. The molecule has 2 aromatic heterocycles. The van der Waals surface area contributed by atoms with Crippen LogP contribution in [0.15, 0.2) is 27.2 Å². The Morgan fingerprint density at radius 3 is 2.70 bits per heavy atom. The average Bonchev–Trinajstić information content (AvgIpc) is 3.37. The summed E-state index contributed by atoms with van der Waals surface area (Å²) in [4.78, 5) is 41.2. The Labute approximate surface area is 205 Å². The average molecular weight is 502 g/mol. The van der Waals surface area contributed by atoms with Crippen molar-refractivity contribution in [3.8, 4) is 11.9 Å². The SMILES string of the molecule is CCCCn1c(O)c(C(=O)CCCN2C(=O)/C(=C/c3cccs3)SC2=S)c(C)c(C#N)c1=O. The molecule has 3 heterocycles. The van der Waals surface area contributed by atoms with Crippen LogP contribution in [0, 0.1) is 18.3 Å². The second-order valence-corrected chi connectivity index (χ2v) is 10.2. The van der Waals surface area contributed by atoms with Crippen molar-refractivity contribution < 1.29 is 14.7 Å². The van der Waals surface area contributed by atoms with E-state index in [0.29, 0.717) is 22.1 Å². The molecule has 172 valence electrons. The molecule has 1 fully saturated rings. The fourth-order valence-corrected chi connectivity index (χ4v) is 5.56. The van der Waals surface area contributed by atoms with E-state index in [4.69, 9.17) is 12.2 Å². The maximum atomic E-state index is 13.0. The summed E-state index contributed by atoms with van der Waals surface area (Å²) in [5.74, 6) is -0.976. The lowest BCUT2D eigenvalue weighted by atomic mass is 9.99. The van der Waals surface area contributed by atoms with Gasteiger partial charge in [0.2, 0.25) is 5.88 Å². The van der Waals surface area contributed by atoms with Gasteiger partial charge in [0, 0.05) is 24.4 Å². The van der Waals surface area contributed by atoms with Crippen molar-refractivity contribution in [1.29, 1.82) is 5.26 Å². The van der Waals surface area contributed by atoms with Crippen LogP contribution in [0.3, 0.4) is 0 Å². The Morgan fingerprint density at radius 1 is 1.30 bits per heavy atom. The number of carbonyl (C=O) groups is 2. The zero-order chi connectivity index (χ0) is 24.1. The van der Waals surface area contributed by atoms with Crippen molar-refractivity contribution >= 4 is 57.4 Å². The lowest BCUT2D eigenvalue weighted by Gasteiger charge is -2.16. The normalized spacial score (nSPS) is 14.8. The first-order valence-electron chi connectivity index (χ1n) is 10.5. The second-order valence-electron chi connectivity index (χ2n) is 7.50. The first-order valence-corrected chi connectivity index (χ1v) is 12.6. The molecule has 0 unspecified atom stereocenters. The fraction of sp³-hybridized carbons (Fsp3) is 0.348. The van der Waals surface area contributed by atoms with E-state index in [1.165, 1.54) is 34.9 Å². The van der Waals surface area contributed by atoms with E-state index in [1.54, 1.807) is 6.08 Å². The van der Waals surface area contributed by atoms with Crippen LogP contribution in [0.25, 0.3) is 6.08 Å². The van der Waals surface area contributed by atoms with Gasteiger partial charge in [-0.1, -0.05) is 43.4 Å². The molecule has 1 saturated heterocycles. The quantitative estimate of drug-likeness (QED) is 0.307. The van der Waals surface area contributed by atoms with Crippen molar-refractivity contribution in [2.75, 3.05) is 6.54 Å². The minimum atomic E-state index is -0.590. The van der Waals surface area contributed by atoms with E-state index in [2.05, 4.69) is 0 Å². The number of rotatable bonds is 9. The maximum absolute atomic E-state index is 13.0. The van der Waals surface area contributed by atoms with Gasteiger partial charge < -0.3 is 5.11 Å². The summed E-state index contributed by atoms with van der Waals surface area (Å²) in [6, 6.07) is 5.69. The maximum Gasteiger partial charge on any atom is 0.271 e. The Kier molecular flexibility index (Phi) is 8.24. The summed E-state index contributed by atoms with van der Waals surface area (Å²) >= 11 is 8.10. The van der Waals surface area contributed by atoms with Gasteiger partial charge in [-0.15, -0.1) is 11.3 Å². The molecule has 0 saturated carbocycles. The van der Waals surface area contributed by atoms with E-state index in [1.807, 2.05) is 30.5 Å². The number of aromatic hydroxyl groups is 1. The minimum Gasteiger partial charge on any atom is -0.494 e. The number of nitrogens with zero attached hydrogens (tertiary/aromatic N) is 3. The molecular formula is C23H23N3O4S3. The van der Waals surface area contributed by atoms with Crippen LogP contribution in [0.2, 0.25) is 0 Å². The highest BCUT2D eigenvalue weighted by molar-refractivity contribution is 8.26. The first-order chi connectivity index (χ1) is 15.8. The molecule has 3 rings (SSSR count). The van der Waals surface area contributed by atoms with E-state index >= 15 is 0 Å². The number of hydrogen-bond acceptors (Lipinski definition) is 8. The predicted octanol–water partition coefficient (Wildman–Crippen LogP) is 4.46. The van der Waals surface area contributed by atoms with Gasteiger partial charge in [0.25, 0.3) is 11.5 Å². The third kappa shape index (κ3) is 5.27. The molecule has 7 nitrogen and oxygen atoms in total. The van der Waals surface area contributed by atoms with Crippen molar-refractivity contribution in [2.45, 2.75) is 46.1 Å². The van der Waals surface area contributed by atoms with E-state index in [0.717, 1.165) is 15.9 Å². The number of thioether (sulfide) groups is 1. The molecular weight excluding hydrogens is 478 g/mol. The molecule has 1 N–H and O–H groups in total. The highest BCUT2D eigenvalue weighted by Crippen LogP contribution is 2.33. The number of thiophene rings is 1. The number of amides is 1. The Hall–Kier alpha value is -2.74. The van der Waals surface area contributed by atoms with Crippen LogP contribution in [0.4, 0.5) is 0 Å². The molecule has 0 bridgehead atoms. The van der Waals surface area contributed by atoms with Crippen LogP contribution in [-0.4, -0.2) is 37.1 Å². The number of pyridine rings is 1. The first kappa shape index (κ1) is 24.9. The van der Waals surface area contributed by atoms with Crippen LogP contribution >= 0.6 is 35.3 Å². The number of thiocarbonyl (C=S) groups is 1. The van der Waals surface area contributed by atoms with Gasteiger partial charge >= 0.3 is 0 Å². The van der Waals surface area contributed by atoms with Crippen molar-refractivity contribution in [3.05, 3.63) is 54.3 Å². The van der Waals surface area contributed by atoms with E-state index in [9.17, 15) is 24.8 Å². The zero-order valence-corrected chi connectivity index (χ0v) is 20.7. The highest BCUT2D eigenvalue weighted by atomic mass is 32.2. The number of ketones is 1. The molecule has 1 amide bonds. The summed E-state index contributed by atoms with van der Waals surface area (Å²) in [5.41, 5.74) is -0.553. The zero-order valence-electron chi connectivity index (χ0n) is 18.3. The molecule has 1 aliphatic rings. The molecule has 2 aromatic rings. The number of carbonyl (C=O) groups excluding carboxylic acids is 2. The summed E-state index contributed by atoms with van der Waals surface area (Å²) in [6.45, 7) is 3.92. The number of Topliss-reactive ketones (excluding diaryl/α,β-unsaturated/α-hetero) is 1. The van der Waals surface area contributed by atoms with Crippen LogP contribution in [0.1, 0.15) is 59.0 Å². The van der Waals surface area contributed by atoms with Crippen LogP contribution in [0.5, 0.6) is 5.88 Å². The Bertz CT molecular complexity index is 1220. The standard InChI is InChI=1S/C23H23N3O4S3/c1-3-4-9-25-20(28)16(13-24)14(2)19(22(25)30)17(27)8-5-10-26-21(29)18(33-23(26)31)12-15-7-6-11-32-15/h6-7,11-12,30H,3-5,8-10H2,1-2H3/b18-12-. The fourth-order valence-electron chi connectivity index (χ4n) is 3.53. The summed E-state index contributed by atoms with van der Waals surface area (Å²) < 4.78 is 1.54. The van der Waals surface area contributed by atoms with Crippen LogP contribution < -0.4 is 5.56 Å². The smallest absolute Gasteiger partial charge is 0.271 e. The Morgan fingerprint density at radius 2 is 2.06 bits per heavy atom. The lowest BCUT2D eigenvalue weighted by molar-refractivity contribution is -0.122. The number of hydrogen-bond donors (Lipinski definition) is 1. The van der Waals surface area contributed by atoms with Crippen LogP contribution in [-0.2, 0) is 11.3 Å². The van der Waals surface area contributed by atoms with Crippen molar-refractivity contribution in [2.24, 2.45) is 0 Å². The third-order valence-corrected chi connectivity index (χ3v) is 7.49. The molecule has 33 heavy (non-hydrogen) atoms. The second kappa shape index (κ2) is 10.9. The van der Waals surface area contributed by atoms with Gasteiger partial charge in [-0.2, -0.15) is 5.26 Å². The molecule has 10 heteroatoms. The van der Waals surface area contributed by atoms with Gasteiger partial charge in [-0.25, -0.2) is 0 Å². The van der Waals surface area contributed by atoms with Gasteiger partial charge in [0.05, 0.1) is 10.5 Å². The van der Waals surface area contributed by atoms with Gasteiger partial charge in [0.1, 0.15) is 16.0 Å². The molecule has 1 aliphatic heterocycles. The molecule has 0 atom stereocenters. The van der Waals surface area contributed by atoms with E-state index < -0.39 is 11.4 Å². The van der Waals surface area contributed by atoms with E-state index in [-0.39, 0.29) is 47.9 Å². The van der Waals surface area contributed by atoms with Gasteiger partial charge in [-0.05, 0) is 42.9 Å². The topological polar surface area (TPSA) is 103 Å². The summed E-state index contributed by atoms with van der Waals surface area (Å²) in [6.07, 6.45) is 3.58. The number of aromatic nitrogens is 1. The molecule has 0 aliphatic carbocycles. The summed E-state index contributed by atoms with van der Waals surface area (Å²) in [5, 5.41) is 22.0.